The van der Waals surface area contributed by atoms with E-state index in [0.717, 1.165) is 5.56 Å². The molecule has 17 heavy (non-hydrogen) atoms. The van der Waals surface area contributed by atoms with Gasteiger partial charge in [-0.25, -0.2) is 0 Å². The zero-order valence-corrected chi connectivity index (χ0v) is 10.5. The smallest absolute Gasteiger partial charge is 0.307 e. The first kappa shape index (κ1) is 13.8. The summed E-state index contributed by atoms with van der Waals surface area (Å²) in [6.45, 7) is 3.34. The van der Waals surface area contributed by atoms with Crippen molar-refractivity contribution in [2.45, 2.75) is 19.9 Å². The molecule has 0 fully saturated rings. The lowest BCUT2D eigenvalue weighted by molar-refractivity contribution is -0.142. The van der Waals surface area contributed by atoms with E-state index < -0.39 is 0 Å². The van der Waals surface area contributed by atoms with Crippen molar-refractivity contribution in [3.63, 3.8) is 0 Å². The Kier molecular flexibility index (Phi) is 5.80. The lowest BCUT2D eigenvalue weighted by atomic mass is 10.2. The van der Waals surface area contributed by atoms with Crippen LogP contribution in [-0.2, 0) is 16.1 Å². The second-order valence-electron chi connectivity index (χ2n) is 3.52. The van der Waals surface area contributed by atoms with E-state index in [1.165, 1.54) is 0 Å². The molecule has 1 aromatic carbocycles. The Morgan fingerprint density at radius 3 is 2.94 bits per heavy atom. The average Bonchev–Trinajstić information content (AvgIpc) is 2.29. The number of hydrogen-bond donors (Lipinski definition) is 2. The van der Waals surface area contributed by atoms with Gasteiger partial charge in [-0.05, 0) is 24.6 Å². The maximum Gasteiger partial charge on any atom is 0.307 e. The molecule has 0 atom stereocenters. The van der Waals surface area contributed by atoms with Crippen LogP contribution >= 0.6 is 11.6 Å². The van der Waals surface area contributed by atoms with Crippen LogP contribution in [0.15, 0.2) is 18.2 Å². The Bertz CT molecular complexity index is 382. The van der Waals surface area contributed by atoms with Crippen LogP contribution in [0.2, 0.25) is 5.02 Å². The molecule has 94 valence electrons. The lowest BCUT2D eigenvalue weighted by Crippen LogP contribution is -2.19. The van der Waals surface area contributed by atoms with Gasteiger partial charge < -0.3 is 15.2 Å². The Balaban J connectivity index is 2.26. The maximum atomic E-state index is 11.0. The molecule has 1 rings (SSSR count). The van der Waals surface area contributed by atoms with Crippen LogP contribution in [0.3, 0.4) is 0 Å². The van der Waals surface area contributed by atoms with E-state index in [4.69, 9.17) is 16.3 Å². The van der Waals surface area contributed by atoms with Gasteiger partial charge in [0.25, 0.3) is 0 Å². The van der Waals surface area contributed by atoms with Crippen LogP contribution in [0.4, 0.5) is 0 Å². The number of hydrogen-bond acceptors (Lipinski definition) is 4. The van der Waals surface area contributed by atoms with Gasteiger partial charge in [-0.3, -0.25) is 4.79 Å². The van der Waals surface area contributed by atoms with Crippen molar-refractivity contribution >= 4 is 17.6 Å². The van der Waals surface area contributed by atoms with Crippen molar-refractivity contribution in [2.24, 2.45) is 0 Å². The molecule has 0 saturated heterocycles. The van der Waals surface area contributed by atoms with E-state index in [2.05, 4.69) is 5.32 Å². The van der Waals surface area contributed by atoms with Crippen molar-refractivity contribution < 1.29 is 14.6 Å². The van der Waals surface area contributed by atoms with Crippen molar-refractivity contribution in [1.29, 1.82) is 0 Å². The summed E-state index contributed by atoms with van der Waals surface area (Å²) in [5.74, 6) is -0.134. The highest BCUT2D eigenvalue weighted by Crippen LogP contribution is 2.23. The Morgan fingerprint density at radius 1 is 1.53 bits per heavy atom. The number of halogens is 1. The normalized spacial score (nSPS) is 10.2. The van der Waals surface area contributed by atoms with E-state index in [0.29, 0.717) is 31.1 Å². The van der Waals surface area contributed by atoms with Gasteiger partial charge in [0.05, 0.1) is 18.1 Å². The van der Waals surface area contributed by atoms with E-state index in [9.17, 15) is 9.90 Å². The number of phenols is 1. The third-order valence-corrected chi connectivity index (χ3v) is 2.46. The molecule has 0 bridgehead atoms. The summed E-state index contributed by atoms with van der Waals surface area (Å²) >= 11 is 5.77. The van der Waals surface area contributed by atoms with Gasteiger partial charge >= 0.3 is 5.97 Å². The fourth-order valence-electron chi connectivity index (χ4n) is 1.32. The highest BCUT2D eigenvalue weighted by Gasteiger charge is 2.02. The number of carbonyl (C=O) groups excluding carboxylic acids is 1. The van der Waals surface area contributed by atoms with Crippen molar-refractivity contribution in [3.05, 3.63) is 28.8 Å². The van der Waals surface area contributed by atoms with Gasteiger partial charge in [0, 0.05) is 13.1 Å². The van der Waals surface area contributed by atoms with Crippen LogP contribution in [0.1, 0.15) is 18.9 Å². The van der Waals surface area contributed by atoms with Crippen molar-refractivity contribution in [2.75, 3.05) is 13.2 Å². The summed E-state index contributed by atoms with van der Waals surface area (Å²) < 4.78 is 4.80. The number of ether oxygens (including phenoxy) is 1. The molecule has 0 saturated carbocycles. The molecule has 0 aliphatic heterocycles. The lowest BCUT2D eigenvalue weighted by Gasteiger charge is -2.06. The summed E-state index contributed by atoms with van der Waals surface area (Å²) in [5, 5.41) is 12.7. The number of benzene rings is 1. The first-order valence-electron chi connectivity index (χ1n) is 5.47. The molecule has 1 aromatic rings. The number of phenolic OH excluding ortho intramolecular Hbond substituents is 1. The summed E-state index contributed by atoms with van der Waals surface area (Å²) in [7, 11) is 0. The topological polar surface area (TPSA) is 58.6 Å². The molecular weight excluding hydrogens is 242 g/mol. The molecule has 0 amide bonds. The van der Waals surface area contributed by atoms with Crippen LogP contribution in [0.25, 0.3) is 0 Å². The first-order chi connectivity index (χ1) is 8.13. The van der Waals surface area contributed by atoms with Gasteiger partial charge in [0.1, 0.15) is 5.75 Å². The number of rotatable bonds is 6. The molecule has 5 heteroatoms. The average molecular weight is 258 g/mol. The minimum absolute atomic E-state index is 0.0712. The van der Waals surface area contributed by atoms with Gasteiger partial charge in [-0.2, -0.15) is 0 Å². The molecule has 0 unspecified atom stereocenters. The number of esters is 1. The standard InChI is InChI=1S/C12H16ClNO3/c1-2-17-12(16)5-6-14-8-9-3-4-11(15)10(13)7-9/h3-4,7,14-15H,2,5-6,8H2,1H3. The molecule has 4 nitrogen and oxygen atoms in total. The third kappa shape index (κ3) is 5.06. The highest BCUT2D eigenvalue weighted by molar-refractivity contribution is 6.32. The number of aromatic hydroxyl groups is 1. The molecule has 0 aliphatic carbocycles. The molecule has 0 aromatic heterocycles. The molecule has 0 spiro atoms. The Labute approximate surface area is 106 Å². The van der Waals surface area contributed by atoms with E-state index in [1.807, 2.05) is 0 Å². The summed E-state index contributed by atoms with van der Waals surface area (Å²) in [5.41, 5.74) is 0.955. The fourth-order valence-corrected chi connectivity index (χ4v) is 1.52. The predicted molar refractivity (Wildman–Crippen MR) is 66.1 cm³/mol. The molecule has 0 aliphatic rings. The second kappa shape index (κ2) is 7.14. The molecular formula is C12H16ClNO3. The summed E-state index contributed by atoms with van der Waals surface area (Å²) in [6, 6.07) is 5.01. The maximum absolute atomic E-state index is 11.0. The van der Waals surface area contributed by atoms with Crippen LogP contribution in [0.5, 0.6) is 5.75 Å². The summed E-state index contributed by atoms with van der Waals surface area (Å²) in [6.07, 6.45) is 0.347. The quantitative estimate of drug-likeness (QED) is 0.605. The minimum atomic E-state index is -0.205. The van der Waals surface area contributed by atoms with Crippen molar-refractivity contribution in [3.8, 4) is 5.75 Å². The molecule has 0 radical (unpaired) electrons. The molecule has 0 heterocycles. The molecule has 2 N–H and O–H groups in total. The minimum Gasteiger partial charge on any atom is -0.506 e. The monoisotopic (exact) mass is 257 g/mol. The van der Waals surface area contributed by atoms with Gasteiger partial charge in [-0.1, -0.05) is 17.7 Å². The zero-order valence-electron chi connectivity index (χ0n) is 9.70. The largest absolute Gasteiger partial charge is 0.506 e. The number of carbonyl (C=O) groups is 1. The van der Waals surface area contributed by atoms with Gasteiger partial charge in [0.15, 0.2) is 0 Å². The SMILES string of the molecule is CCOC(=O)CCNCc1ccc(O)c(Cl)c1. The fraction of sp³-hybridized carbons (Fsp3) is 0.417. The van der Waals surface area contributed by atoms with Gasteiger partial charge in [-0.15, -0.1) is 0 Å². The Hall–Kier alpha value is -1.26. The highest BCUT2D eigenvalue weighted by atomic mass is 35.5. The Morgan fingerprint density at radius 2 is 2.29 bits per heavy atom. The van der Waals surface area contributed by atoms with Crippen LogP contribution in [0, 0.1) is 0 Å². The first-order valence-corrected chi connectivity index (χ1v) is 5.85. The summed E-state index contributed by atoms with van der Waals surface area (Å²) in [4.78, 5) is 11.0. The third-order valence-electron chi connectivity index (χ3n) is 2.15. The van der Waals surface area contributed by atoms with E-state index in [1.54, 1.807) is 25.1 Å². The van der Waals surface area contributed by atoms with Crippen molar-refractivity contribution in [1.82, 2.24) is 5.32 Å². The van der Waals surface area contributed by atoms with Crippen LogP contribution in [-0.4, -0.2) is 24.2 Å². The zero-order chi connectivity index (χ0) is 12.7. The van der Waals surface area contributed by atoms with Gasteiger partial charge in [0.2, 0.25) is 0 Å². The number of nitrogens with one attached hydrogen (secondary N) is 1. The van der Waals surface area contributed by atoms with E-state index >= 15 is 0 Å². The second-order valence-corrected chi connectivity index (χ2v) is 3.92. The van der Waals surface area contributed by atoms with E-state index in [-0.39, 0.29) is 11.7 Å². The predicted octanol–water partition coefficient (Wildman–Crippen LogP) is 2.09. The van der Waals surface area contributed by atoms with Crippen LogP contribution < -0.4 is 5.32 Å².